The van der Waals surface area contributed by atoms with Crippen LogP contribution in [0.1, 0.15) is 25.5 Å². The highest BCUT2D eigenvalue weighted by molar-refractivity contribution is 7.90. The fraction of sp³-hybridized carbons (Fsp3) is 0.227. The number of hydrogen-bond acceptors (Lipinski definition) is 4. The highest BCUT2D eigenvalue weighted by Gasteiger charge is 2.19. The van der Waals surface area contributed by atoms with E-state index in [-0.39, 0.29) is 16.8 Å². The summed E-state index contributed by atoms with van der Waals surface area (Å²) in [5.74, 6) is 0.415. The standard InChI is InChI=1S/C22H23NO4S/c1-15(17-11-13-19(14-12-17)28(3,25)26)23-22(24)16(2)27-21-10-6-8-18-7-4-5-9-20(18)21/h4-16H,1-3H3,(H,23,24)/t15-,16+/m0/s1. The largest absolute Gasteiger partial charge is 0.480 e. The number of sulfone groups is 1. The Kier molecular flexibility index (Phi) is 5.70. The van der Waals surface area contributed by atoms with Crippen LogP contribution >= 0.6 is 0 Å². The molecule has 0 unspecified atom stereocenters. The summed E-state index contributed by atoms with van der Waals surface area (Å²) in [6, 6.07) is 19.8. The molecule has 3 aromatic rings. The topological polar surface area (TPSA) is 72.5 Å². The summed E-state index contributed by atoms with van der Waals surface area (Å²) in [4.78, 5) is 12.8. The number of ether oxygens (including phenoxy) is 1. The third kappa shape index (κ3) is 4.51. The second-order valence-corrected chi connectivity index (χ2v) is 8.82. The minimum atomic E-state index is -3.24. The van der Waals surface area contributed by atoms with Crippen molar-refractivity contribution in [1.82, 2.24) is 5.32 Å². The van der Waals surface area contributed by atoms with E-state index in [1.165, 1.54) is 6.26 Å². The molecule has 1 N–H and O–H groups in total. The number of fused-ring (bicyclic) bond motifs is 1. The van der Waals surface area contributed by atoms with Crippen LogP contribution in [0.5, 0.6) is 5.75 Å². The van der Waals surface area contributed by atoms with Crippen LogP contribution in [0.4, 0.5) is 0 Å². The Morgan fingerprint density at radius 1 is 0.929 bits per heavy atom. The number of nitrogens with one attached hydrogen (secondary N) is 1. The average Bonchev–Trinajstić information content (AvgIpc) is 2.67. The van der Waals surface area contributed by atoms with Gasteiger partial charge in [0.15, 0.2) is 15.9 Å². The van der Waals surface area contributed by atoms with Crippen LogP contribution < -0.4 is 10.1 Å². The fourth-order valence-corrected chi connectivity index (χ4v) is 3.59. The first-order valence-electron chi connectivity index (χ1n) is 9.00. The van der Waals surface area contributed by atoms with Crippen LogP contribution in [0, 0.1) is 0 Å². The molecule has 6 heteroatoms. The van der Waals surface area contributed by atoms with Crippen molar-refractivity contribution in [2.45, 2.75) is 30.9 Å². The van der Waals surface area contributed by atoms with Gasteiger partial charge in [-0.25, -0.2) is 8.42 Å². The van der Waals surface area contributed by atoms with Crippen LogP contribution in [0.25, 0.3) is 10.8 Å². The number of amides is 1. The monoisotopic (exact) mass is 397 g/mol. The highest BCUT2D eigenvalue weighted by Crippen LogP contribution is 2.26. The van der Waals surface area contributed by atoms with Crippen molar-refractivity contribution in [3.63, 3.8) is 0 Å². The number of benzene rings is 3. The van der Waals surface area contributed by atoms with Crippen molar-refractivity contribution in [3.8, 4) is 5.75 Å². The van der Waals surface area contributed by atoms with Gasteiger partial charge >= 0.3 is 0 Å². The van der Waals surface area contributed by atoms with Gasteiger partial charge in [0.2, 0.25) is 0 Å². The molecule has 0 radical (unpaired) electrons. The SMILES string of the molecule is C[C@H](NC(=O)[C@@H](C)Oc1cccc2ccccc12)c1ccc(S(C)(=O)=O)cc1. The summed E-state index contributed by atoms with van der Waals surface area (Å²) >= 11 is 0. The molecule has 0 aromatic heterocycles. The average molecular weight is 397 g/mol. The van der Waals surface area contributed by atoms with Gasteiger partial charge in [0.25, 0.3) is 5.91 Å². The Morgan fingerprint density at radius 3 is 2.25 bits per heavy atom. The maximum Gasteiger partial charge on any atom is 0.261 e. The van der Waals surface area contributed by atoms with E-state index in [0.717, 1.165) is 16.3 Å². The first-order valence-corrected chi connectivity index (χ1v) is 10.9. The Bertz CT molecular complexity index is 1090. The zero-order valence-corrected chi connectivity index (χ0v) is 16.9. The highest BCUT2D eigenvalue weighted by atomic mass is 32.2. The van der Waals surface area contributed by atoms with E-state index in [1.54, 1.807) is 31.2 Å². The third-order valence-corrected chi connectivity index (χ3v) is 5.72. The number of carbonyl (C=O) groups excluding carboxylic acids is 1. The summed E-state index contributed by atoms with van der Waals surface area (Å²) in [6.07, 6.45) is 0.489. The van der Waals surface area contributed by atoms with E-state index in [2.05, 4.69) is 5.32 Å². The Labute approximate surface area is 165 Å². The van der Waals surface area contributed by atoms with Crippen molar-refractivity contribution < 1.29 is 17.9 Å². The van der Waals surface area contributed by atoms with Gasteiger partial charge in [-0.05, 0) is 43.0 Å². The molecule has 5 nitrogen and oxygen atoms in total. The molecule has 0 bridgehead atoms. The maximum absolute atomic E-state index is 12.6. The molecule has 0 spiro atoms. The van der Waals surface area contributed by atoms with Crippen molar-refractivity contribution in [3.05, 3.63) is 72.3 Å². The minimum absolute atomic E-state index is 0.243. The van der Waals surface area contributed by atoms with E-state index >= 15 is 0 Å². The molecule has 1 amide bonds. The Balaban J connectivity index is 1.68. The normalized spacial score (nSPS) is 13.7. The summed E-state index contributed by atoms with van der Waals surface area (Å²) < 4.78 is 29.0. The second kappa shape index (κ2) is 8.02. The zero-order chi connectivity index (χ0) is 20.3. The van der Waals surface area contributed by atoms with Gasteiger partial charge in [-0.3, -0.25) is 4.79 Å². The molecule has 146 valence electrons. The zero-order valence-electron chi connectivity index (χ0n) is 16.0. The molecule has 0 aliphatic heterocycles. The van der Waals surface area contributed by atoms with E-state index in [0.29, 0.717) is 5.75 Å². The molecule has 0 aliphatic carbocycles. The van der Waals surface area contributed by atoms with Gasteiger partial charge in [-0.2, -0.15) is 0 Å². The molecule has 0 heterocycles. The molecule has 3 aromatic carbocycles. The quantitative estimate of drug-likeness (QED) is 0.685. The molecule has 0 saturated carbocycles. The summed E-state index contributed by atoms with van der Waals surface area (Å²) in [5.41, 5.74) is 0.818. The summed E-state index contributed by atoms with van der Waals surface area (Å²) in [6.45, 7) is 3.55. The molecule has 28 heavy (non-hydrogen) atoms. The first-order chi connectivity index (χ1) is 13.3. The smallest absolute Gasteiger partial charge is 0.261 e. The van der Waals surface area contributed by atoms with Crippen molar-refractivity contribution in [2.75, 3.05) is 6.26 Å². The summed E-state index contributed by atoms with van der Waals surface area (Å²) in [5, 5.41) is 4.91. The number of hydrogen-bond donors (Lipinski definition) is 1. The van der Waals surface area contributed by atoms with Gasteiger partial charge in [-0.15, -0.1) is 0 Å². The second-order valence-electron chi connectivity index (χ2n) is 6.81. The molecule has 0 aliphatic rings. The predicted molar refractivity (Wildman–Crippen MR) is 110 cm³/mol. The molecule has 3 rings (SSSR count). The summed E-state index contributed by atoms with van der Waals surface area (Å²) in [7, 11) is -3.24. The van der Waals surface area contributed by atoms with Crippen molar-refractivity contribution >= 4 is 26.5 Å². The van der Waals surface area contributed by atoms with Gasteiger partial charge in [0, 0.05) is 11.6 Å². The van der Waals surface area contributed by atoms with Gasteiger partial charge in [0.1, 0.15) is 5.75 Å². The lowest BCUT2D eigenvalue weighted by Gasteiger charge is -2.20. The first kappa shape index (κ1) is 19.9. The van der Waals surface area contributed by atoms with Crippen molar-refractivity contribution in [1.29, 1.82) is 0 Å². The van der Waals surface area contributed by atoms with E-state index in [4.69, 9.17) is 4.74 Å². The molecular weight excluding hydrogens is 374 g/mol. The lowest BCUT2D eigenvalue weighted by atomic mass is 10.1. The predicted octanol–water partition coefficient (Wildman–Crippen LogP) is 3.89. The van der Waals surface area contributed by atoms with E-state index in [1.807, 2.05) is 49.4 Å². The van der Waals surface area contributed by atoms with Crippen LogP contribution in [0.3, 0.4) is 0 Å². The molecule has 0 saturated heterocycles. The van der Waals surface area contributed by atoms with Crippen LogP contribution in [-0.2, 0) is 14.6 Å². The van der Waals surface area contributed by atoms with E-state index < -0.39 is 15.9 Å². The Morgan fingerprint density at radius 2 is 1.57 bits per heavy atom. The van der Waals surface area contributed by atoms with Gasteiger partial charge in [-0.1, -0.05) is 48.5 Å². The lowest BCUT2D eigenvalue weighted by Crippen LogP contribution is -2.37. The number of rotatable bonds is 6. The number of carbonyl (C=O) groups is 1. The maximum atomic E-state index is 12.6. The van der Waals surface area contributed by atoms with Crippen LogP contribution in [-0.4, -0.2) is 26.7 Å². The van der Waals surface area contributed by atoms with Crippen molar-refractivity contribution in [2.24, 2.45) is 0 Å². The van der Waals surface area contributed by atoms with Gasteiger partial charge < -0.3 is 10.1 Å². The van der Waals surface area contributed by atoms with Gasteiger partial charge in [0.05, 0.1) is 10.9 Å². The molecule has 0 fully saturated rings. The minimum Gasteiger partial charge on any atom is -0.480 e. The Hall–Kier alpha value is -2.86. The van der Waals surface area contributed by atoms with Crippen LogP contribution in [0.2, 0.25) is 0 Å². The van der Waals surface area contributed by atoms with E-state index in [9.17, 15) is 13.2 Å². The lowest BCUT2D eigenvalue weighted by molar-refractivity contribution is -0.127. The third-order valence-electron chi connectivity index (χ3n) is 4.59. The molecular formula is C22H23NO4S. The fourth-order valence-electron chi connectivity index (χ4n) is 2.96. The molecule has 2 atom stereocenters. The van der Waals surface area contributed by atoms with Crippen LogP contribution in [0.15, 0.2) is 71.6 Å².